The predicted octanol–water partition coefficient (Wildman–Crippen LogP) is 4.94. The van der Waals surface area contributed by atoms with Crippen LogP contribution in [0.2, 0.25) is 0 Å². The minimum atomic E-state index is -0.833. The van der Waals surface area contributed by atoms with Crippen molar-refractivity contribution in [2.24, 2.45) is 5.92 Å². The molecular formula is C25H44Cl2O8S5. The molecule has 4 fully saturated rings. The summed E-state index contributed by atoms with van der Waals surface area (Å²) in [5.74, 6) is 0.281. The van der Waals surface area contributed by atoms with Crippen LogP contribution in [0.4, 0.5) is 0 Å². The van der Waals surface area contributed by atoms with E-state index in [1.165, 1.54) is 0 Å². The van der Waals surface area contributed by atoms with Gasteiger partial charge in [0.2, 0.25) is 0 Å². The Bertz CT molecular complexity index is 679. The van der Waals surface area contributed by atoms with E-state index < -0.39 is 7.88 Å². The Morgan fingerprint density at radius 2 is 1.10 bits per heavy atom. The van der Waals surface area contributed by atoms with Crippen LogP contribution >= 0.6 is 55.6 Å². The molecule has 0 aromatic carbocycles. The van der Waals surface area contributed by atoms with E-state index in [4.69, 9.17) is 45.4 Å². The number of aliphatic hydroxyl groups excluding tert-OH is 1. The summed E-state index contributed by atoms with van der Waals surface area (Å²) >= 11 is 8.50. The second kappa shape index (κ2) is 23.4. The molecule has 0 radical (unpaired) electrons. The normalized spacial score (nSPS) is 23.2. The van der Waals surface area contributed by atoms with Gasteiger partial charge in [0.05, 0.1) is 24.0 Å². The fourth-order valence-corrected chi connectivity index (χ4v) is 7.29. The number of carbonyl (C=O) groups excluding carboxylic acids is 3. The largest absolute Gasteiger partial charge is 0.395 e. The van der Waals surface area contributed by atoms with Crippen LogP contribution in [0.1, 0.15) is 58.8 Å². The molecule has 4 aliphatic rings. The van der Waals surface area contributed by atoms with Crippen LogP contribution in [-0.2, 0) is 52.4 Å². The summed E-state index contributed by atoms with van der Waals surface area (Å²) in [5, 5.41) is 8.82. The molecule has 4 rings (SSSR count). The molecule has 0 aromatic heterocycles. The van der Waals surface area contributed by atoms with Crippen LogP contribution in [0.25, 0.3) is 0 Å². The van der Waals surface area contributed by atoms with Gasteiger partial charge in [-0.2, -0.15) is 12.6 Å². The minimum Gasteiger partial charge on any atom is -0.395 e. The molecule has 0 unspecified atom stereocenters. The van der Waals surface area contributed by atoms with Gasteiger partial charge in [-0.05, 0) is 83.9 Å². The molecule has 0 spiro atoms. The highest BCUT2D eigenvalue weighted by Gasteiger charge is 2.40. The molecule has 8 nitrogen and oxygen atoms in total. The number of hydrogen-bond donors (Lipinski definition) is 2. The lowest BCUT2D eigenvalue weighted by atomic mass is 10.0. The molecule has 0 bridgehead atoms. The van der Waals surface area contributed by atoms with E-state index in [2.05, 4.69) is 23.8 Å². The Morgan fingerprint density at radius 3 is 1.35 bits per heavy atom. The van der Waals surface area contributed by atoms with Crippen molar-refractivity contribution >= 4 is 93.5 Å². The summed E-state index contributed by atoms with van der Waals surface area (Å²) in [4.78, 5) is 32.8. The van der Waals surface area contributed by atoms with E-state index >= 15 is 0 Å². The van der Waals surface area contributed by atoms with Crippen molar-refractivity contribution in [3.63, 3.8) is 0 Å². The molecule has 236 valence electrons. The van der Waals surface area contributed by atoms with Crippen molar-refractivity contribution in [3.8, 4) is 0 Å². The molecule has 0 aromatic rings. The van der Waals surface area contributed by atoms with Crippen LogP contribution in [-0.4, -0.2) is 97.7 Å². The van der Waals surface area contributed by atoms with Crippen molar-refractivity contribution in [1.29, 1.82) is 0 Å². The fourth-order valence-electron chi connectivity index (χ4n) is 3.80. The van der Waals surface area contributed by atoms with E-state index in [0.717, 1.165) is 96.7 Å². The number of rotatable bonds is 7. The molecule has 40 heavy (non-hydrogen) atoms. The van der Waals surface area contributed by atoms with E-state index in [1.54, 1.807) is 21.6 Å². The zero-order chi connectivity index (χ0) is 29.0. The van der Waals surface area contributed by atoms with Crippen molar-refractivity contribution in [3.05, 3.63) is 0 Å². The van der Waals surface area contributed by atoms with Gasteiger partial charge in [-0.15, -0.1) is 0 Å². The number of halogens is 2. The molecule has 0 aliphatic carbocycles. The summed E-state index contributed by atoms with van der Waals surface area (Å²) < 4.78 is 19.8. The molecule has 0 atom stereocenters. The maximum atomic E-state index is 11.3. The van der Waals surface area contributed by atoms with Crippen molar-refractivity contribution < 1.29 is 38.4 Å². The zero-order valence-corrected chi connectivity index (χ0v) is 27.6. The van der Waals surface area contributed by atoms with Gasteiger partial charge in [-0.1, -0.05) is 29.0 Å². The molecule has 0 amide bonds. The third-order valence-corrected chi connectivity index (χ3v) is 11.2. The van der Waals surface area contributed by atoms with Gasteiger partial charge in [-0.25, -0.2) is 0 Å². The lowest BCUT2D eigenvalue weighted by Gasteiger charge is -2.36. The number of thiol groups is 1. The van der Waals surface area contributed by atoms with E-state index in [9.17, 15) is 14.4 Å². The number of carbonyl (C=O) groups is 3. The van der Waals surface area contributed by atoms with Crippen molar-refractivity contribution in [2.75, 3.05) is 59.5 Å². The fraction of sp³-hybridized carbons (Fsp3) is 0.880. The highest BCUT2D eigenvalue weighted by Crippen LogP contribution is 2.49. The molecule has 0 saturated carbocycles. The van der Waals surface area contributed by atoms with Crippen molar-refractivity contribution in [1.82, 2.24) is 0 Å². The van der Waals surface area contributed by atoms with Gasteiger partial charge in [0.15, 0.2) is 0 Å². The summed E-state index contributed by atoms with van der Waals surface area (Å²) in [7, 11) is 12.0. The molecule has 4 aliphatic heterocycles. The Labute approximate surface area is 268 Å². The highest BCUT2D eigenvalue weighted by molar-refractivity contribution is 8.78. The first kappa shape index (κ1) is 41.0. The van der Waals surface area contributed by atoms with Gasteiger partial charge in [0.1, 0.15) is 18.9 Å². The average molecular weight is 704 g/mol. The third kappa shape index (κ3) is 17.3. The molecule has 4 heterocycles. The quantitative estimate of drug-likeness (QED) is 0.163. The number of aliphatic hydroxyl groups is 1. The van der Waals surface area contributed by atoms with Crippen LogP contribution in [0.5, 0.6) is 0 Å². The van der Waals surface area contributed by atoms with E-state index in [0.29, 0.717) is 26.4 Å². The van der Waals surface area contributed by atoms with Gasteiger partial charge < -0.3 is 38.4 Å². The first-order valence-electron chi connectivity index (χ1n) is 12.8. The molecule has 4 saturated heterocycles. The smallest absolute Gasteiger partial charge is 0.137 e. The van der Waals surface area contributed by atoms with Crippen LogP contribution in [0, 0.1) is 5.92 Å². The summed E-state index contributed by atoms with van der Waals surface area (Å²) in [5.41, 5.74) is 0. The second-order valence-corrected chi connectivity index (χ2v) is 18.2. The second-order valence-electron chi connectivity index (χ2n) is 9.52. The first-order valence-corrected chi connectivity index (χ1v) is 19.2. The van der Waals surface area contributed by atoms with Gasteiger partial charge in [0.25, 0.3) is 0 Å². The Kier molecular flexibility index (Phi) is 24.0. The Hall–Kier alpha value is 1.01. The van der Waals surface area contributed by atoms with Gasteiger partial charge >= 0.3 is 0 Å². The SMILES string of the molecule is C.O=CC1(SSC2(C=O)CCOCC2)CCOCC1.O=CC1CCOCC1.OCC1(S)CCOCC1.S=S(Cl)Cl. The van der Waals surface area contributed by atoms with Crippen LogP contribution in [0.15, 0.2) is 0 Å². The van der Waals surface area contributed by atoms with Crippen LogP contribution in [0.3, 0.4) is 0 Å². The predicted molar refractivity (Wildman–Crippen MR) is 175 cm³/mol. The lowest BCUT2D eigenvalue weighted by molar-refractivity contribution is -0.113. The Balaban J connectivity index is 0.000000580. The number of hydrogen-bond acceptors (Lipinski definition) is 12. The summed E-state index contributed by atoms with van der Waals surface area (Å²) in [6.07, 6.45) is 9.61. The topological polar surface area (TPSA) is 108 Å². The molecule has 1 N–H and O–H groups in total. The maximum absolute atomic E-state index is 11.3. The molecular weight excluding hydrogens is 660 g/mol. The van der Waals surface area contributed by atoms with E-state index in [1.807, 2.05) is 0 Å². The average Bonchev–Trinajstić information content (AvgIpc) is 2.98. The van der Waals surface area contributed by atoms with Gasteiger partial charge in [0, 0.05) is 63.5 Å². The standard InChI is InChI=1S/C12H18O4S2.C6H12O2S.C6H10O2.CH4.Cl2S2/c13-9-11(1-5-15-6-2-11)17-18-12(10-14)3-7-16-8-4-12;7-5-6(9)1-3-8-4-2-6;7-5-6-1-3-8-4-2-6;;1-4(2)3/h9-10H,1-8H2;7,9H,1-5H2;5-6H,1-4H2;1H4;. The van der Waals surface area contributed by atoms with Gasteiger partial charge in [-0.3, -0.25) is 0 Å². The Morgan fingerprint density at radius 1 is 0.775 bits per heavy atom. The summed E-state index contributed by atoms with van der Waals surface area (Å²) in [6, 6.07) is 0. The molecule has 15 heteroatoms. The highest BCUT2D eigenvalue weighted by atomic mass is 36.0. The minimum absolute atomic E-state index is 0. The summed E-state index contributed by atoms with van der Waals surface area (Å²) in [6.45, 7) is 5.69. The van der Waals surface area contributed by atoms with E-state index in [-0.39, 0.29) is 34.2 Å². The van der Waals surface area contributed by atoms with Crippen molar-refractivity contribution in [2.45, 2.75) is 73.0 Å². The number of aldehydes is 3. The first-order chi connectivity index (χ1) is 18.7. The zero-order valence-electron chi connectivity index (χ0n) is 22.0. The lowest BCUT2D eigenvalue weighted by Crippen LogP contribution is -2.37. The monoisotopic (exact) mass is 702 g/mol. The number of ether oxygens (including phenoxy) is 4. The third-order valence-electron chi connectivity index (χ3n) is 6.66. The maximum Gasteiger partial charge on any atom is 0.137 e. The van der Waals surface area contributed by atoms with Crippen LogP contribution < -0.4 is 0 Å².